The Balaban J connectivity index is 0.000000428. The fourth-order valence-corrected chi connectivity index (χ4v) is 3.86. The topological polar surface area (TPSA) is 145 Å². The maximum Gasteiger partial charge on any atom is 0.269 e. The van der Waals surface area contributed by atoms with Crippen LogP contribution in [0.5, 0.6) is 5.88 Å². The molecule has 0 aliphatic carbocycles. The number of primary amides is 1. The molecule has 35 heavy (non-hydrogen) atoms. The second-order valence-corrected chi connectivity index (χ2v) is 7.79. The lowest BCUT2D eigenvalue weighted by Crippen LogP contribution is -2.17. The first-order chi connectivity index (χ1) is 17.0. The van der Waals surface area contributed by atoms with E-state index in [1.807, 2.05) is 32.9 Å². The molecule has 1 fully saturated rings. The summed E-state index contributed by atoms with van der Waals surface area (Å²) in [6.45, 7) is 8.47. The van der Waals surface area contributed by atoms with Gasteiger partial charge in [0.15, 0.2) is 5.69 Å². The number of methoxy groups -OCH3 is 1. The van der Waals surface area contributed by atoms with Crippen LogP contribution < -0.4 is 21.5 Å². The molecule has 0 spiro atoms. The number of hydrogen-bond acceptors (Lipinski definition) is 7. The number of rotatable bonds is 4. The summed E-state index contributed by atoms with van der Waals surface area (Å²) in [5.41, 5.74) is 16.4. The number of aromatic nitrogens is 4. The number of carbonyl (C=O) groups is 1. The Morgan fingerprint density at radius 2 is 1.80 bits per heavy atom. The lowest BCUT2D eigenvalue weighted by molar-refractivity contribution is 0.0996. The van der Waals surface area contributed by atoms with Crippen molar-refractivity contribution >= 4 is 22.5 Å². The molecule has 0 saturated carbocycles. The van der Waals surface area contributed by atoms with E-state index in [1.54, 1.807) is 30.5 Å². The van der Waals surface area contributed by atoms with Crippen molar-refractivity contribution in [2.24, 2.45) is 5.73 Å². The zero-order chi connectivity index (χ0) is 25.4. The number of nitrogen functional groups attached to an aromatic ring is 1. The van der Waals surface area contributed by atoms with Gasteiger partial charge in [0.2, 0.25) is 5.88 Å². The van der Waals surface area contributed by atoms with Crippen molar-refractivity contribution in [3.8, 4) is 28.4 Å². The minimum atomic E-state index is -0.708. The highest BCUT2D eigenvalue weighted by atomic mass is 16.5. The number of ether oxygens (including phenoxy) is 1. The van der Waals surface area contributed by atoms with Gasteiger partial charge in [-0.3, -0.25) is 9.89 Å². The number of pyridine rings is 2. The molecular weight excluding hydrogens is 442 g/mol. The molecule has 9 nitrogen and oxygen atoms in total. The normalized spacial score (nSPS) is 12.3. The van der Waals surface area contributed by atoms with Gasteiger partial charge in [0.05, 0.1) is 35.9 Å². The summed E-state index contributed by atoms with van der Waals surface area (Å²) in [4.78, 5) is 20.8. The van der Waals surface area contributed by atoms with E-state index in [0.29, 0.717) is 22.8 Å². The molecule has 1 amide bonds. The first-order valence-corrected chi connectivity index (χ1v) is 11.7. The molecule has 184 valence electrons. The molecule has 6 N–H and O–H groups in total. The maximum atomic E-state index is 12.0. The summed E-state index contributed by atoms with van der Waals surface area (Å²) in [5.74, 6) is -0.271. The van der Waals surface area contributed by atoms with Gasteiger partial charge in [0.25, 0.3) is 5.91 Å². The minimum Gasteiger partial charge on any atom is -0.481 e. The fraction of sp³-hybridized carbons (Fsp3) is 0.308. The van der Waals surface area contributed by atoms with Crippen molar-refractivity contribution < 1.29 is 9.53 Å². The van der Waals surface area contributed by atoms with Gasteiger partial charge in [-0.15, -0.1) is 0 Å². The van der Waals surface area contributed by atoms with Crippen LogP contribution in [0.1, 0.15) is 42.7 Å². The summed E-state index contributed by atoms with van der Waals surface area (Å²) in [6, 6.07) is 11.0. The quantitative estimate of drug-likeness (QED) is 0.348. The van der Waals surface area contributed by atoms with E-state index in [4.69, 9.17) is 16.2 Å². The average Bonchev–Trinajstić information content (AvgIpc) is 3.61. The highest BCUT2D eigenvalue weighted by molar-refractivity contribution is 6.05. The summed E-state index contributed by atoms with van der Waals surface area (Å²) < 4.78 is 5.19. The Labute approximate surface area is 205 Å². The highest BCUT2D eigenvalue weighted by Gasteiger charge is 2.20. The van der Waals surface area contributed by atoms with Gasteiger partial charge >= 0.3 is 0 Å². The van der Waals surface area contributed by atoms with E-state index < -0.39 is 5.91 Å². The van der Waals surface area contributed by atoms with E-state index >= 15 is 0 Å². The number of H-pyrrole nitrogens is 1. The number of anilines is 1. The second kappa shape index (κ2) is 11.9. The molecular formula is C26H33N7O2. The van der Waals surface area contributed by atoms with Crippen LogP contribution in [0.3, 0.4) is 0 Å². The van der Waals surface area contributed by atoms with Crippen LogP contribution in [0.15, 0.2) is 42.6 Å². The van der Waals surface area contributed by atoms with Crippen molar-refractivity contribution in [3.05, 3.63) is 53.9 Å². The standard InChI is InChI=1S/C20H18N6O2.C4H9N.C2H6/c1-10-6-7-13-12(9-23-26-13)17(10)11-8-15(25-19(18(11)21)20(22)27)14-4-3-5-16(24-14)28-2;1-2-4-5-3-1;1-2/h3-9H,21H2,1-2H3,(H2,22,27)(H,23,26);5H,1-4H2;1-2H3. The summed E-state index contributed by atoms with van der Waals surface area (Å²) in [5, 5.41) is 11.2. The monoisotopic (exact) mass is 475 g/mol. The second-order valence-electron chi connectivity index (χ2n) is 7.79. The fourth-order valence-electron chi connectivity index (χ4n) is 3.86. The van der Waals surface area contributed by atoms with Gasteiger partial charge in [-0.25, -0.2) is 9.97 Å². The Bertz CT molecular complexity index is 1290. The Kier molecular flexibility index (Phi) is 8.74. The van der Waals surface area contributed by atoms with E-state index in [-0.39, 0.29) is 11.4 Å². The molecule has 0 unspecified atom stereocenters. The molecule has 1 aliphatic heterocycles. The van der Waals surface area contributed by atoms with Gasteiger partial charge in [0.1, 0.15) is 0 Å². The lowest BCUT2D eigenvalue weighted by atomic mass is 9.94. The van der Waals surface area contributed by atoms with E-state index in [0.717, 1.165) is 22.0 Å². The Hall–Kier alpha value is -3.98. The number of amides is 1. The third-order valence-corrected chi connectivity index (χ3v) is 5.55. The van der Waals surface area contributed by atoms with E-state index in [2.05, 4.69) is 25.5 Å². The predicted molar refractivity (Wildman–Crippen MR) is 140 cm³/mol. The lowest BCUT2D eigenvalue weighted by Gasteiger charge is -2.15. The largest absolute Gasteiger partial charge is 0.481 e. The number of nitrogens with one attached hydrogen (secondary N) is 2. The van der Waals surface area contributed by atoms with Gasteiger partial charge in [-0.05, 0) is 62.2 Å². The zero-order valence-corrected chi connectivity index (χ0v) is 20.7. The van der Waals surface area contributed by atoms with Crippen molar-refractivity contribution in [2.75, 3.05) is 25.9 Å². The van der Waals surface area contributed by atoms with Crippen LogP contribution >= 0.6 is 0 Å². The van der Waals surface area contributed by atoms with Gasteiger partial charge in [-0.2, -0.15) is 5.10 Å². The molecule has 4 aromatic rings. The number of carbonyl (C=O) groups excluding carboxylic acids is 1. The summed E-state index contributed by atoms with van der Waals surface area (Å²) >= 11 is 0. The molecule has 1 aliphatic rings. The first-order valence-electron chi connectivity index (χ1n) is 11.7. The maximum absolute atomic E-state index is 12.0. The van der Waals surface area contributed by atoms with Crippen LogP contribution in [-0.2, 0) is 0 Å². The van der Waals surface area contributed by atoms with Crippen molar-refractivity contribution in [1.82, 2.24) is 25.5 Å². The number of aromatic amines is 1. The summed E-state index contributed by atoms with van der Waals surface area (Å²) in [6.07, 6.45) is 4.50. The van der Waals surface area contributed by atoms with Crippen LogP contribution in [0.4, 0.5) is 5.69 Å². The molecule has 1 aromatic carbocycles. The molecule has 1 saturated heterocycles. The van der Waals surface area contributed by atoms with Crippen molar-refractivity contribution in [2.45, 2.75) is 33.6 Å². The number of fused-ring (bicyclic) bond motifs is 1. The molecule has 3 aromatic heterocycles. The number of nitrogens with two attached hydrogens (primary N) is 2. The zero-order valence-electron chi connectivity index (χ0n) is 20.7. The van der Waals surface area contributed by atoms with Crippen LogP contribution in [-0.4, -0.2) is 46.3 Å². The molecule has 0 radical (unpaired) electrons. The van der Waals surface area contributed by atoms with Gasteiger partial charge in [0, 0.05) is 17.0 Å². The van der Waals surface area contributed by atoms with Crippen LogP contribution in [0, 0.1) is 6.92 Å². The molecule has 4 heterocycles. The third-order valence-electron chi connectivity index (χ3n) is 5.55. The Morgan fingerprint density at radius 3 is 2.43 bits per heavy atom. The van der Waals surface area contributed by atoms with E-state index in [9.17, 15) is 4.79 Å². The number of benzene rings is 1. The van der Waals surface area contributed by atoms with Crippen molar-refractivity contribution in [3.63, 3.8) is 0 Å². The molecule has 0 bridgehead atoms. The summed E-state index contributed by atoms with van der Waals surface area (Å²) in [7, 11) is 1.53. The number of hydrogen-bond donors (Lipinski definition) is 4. The van der Waals surface area contributed by atoms with Crippen LogP contribution in [0.2, 0.25) is 0 Å². The third kappa shape index (κ3) is 5.75. The number of nitrogens with zero attached hydrogens (tertiary/aromatic N) is 3. The smallest absolute Gasteiger partial charge is 0.269 e. The number of aryl methyl sites for hydroxylation is 1. The van der Waals surface area contributed by atoms with Gasteiger partial charge in [-0.1, -0.05) is 26.0 Å². The van der Waals surface area contributed by atoms with Crippen molar-refractivity contribution in [1.29, 1.82) is 0 Å². The molecule has 0 atom stereocenters. The van der Waals surface area contributed by atoms with Gasteiger partial charge < -0.3 is 21.5 Å². The molecule has 9 heteroatoms. The van der Waals surface area contributed by atoms with E-state index in [1.165, 1.54) is 33.0 Å². The first kappa shape index (κ1) is 25.6. The Morgan fingerprint density at radius 1 is 1.06 bits per heavy atom. The van der Waals surface area contributed by atoms with Crippen LogP contribution in [0.25, 0.3) is 33.4 Å². The SMILES string of the molecule is C1CCNC1.CC.COc1cccc(-c2cc(-c3c(C)ccc4[nH]ncc34)c(N)c(C(N)=O)n2)n1. The highest BCUT2D eigenvalue weighted by Crippen LogP contribution is 2.37. The minimum absolute atomic E-state index is 0.00276. The average molecular weight is 476 g/mol. The predicted octanol–water partition coefficient (Wildman–Crippen LogP) is 4.08. The molecule has 5 rings (SSSR count).